The third-order valence-electron chi connectivity index (χ3n) is 4.77. The van der Waals surface area contributed by atoms with E-state index < -0.39 is 10.0 Å². The lowest BCUT2D eigenvalue weighted by molar-refractivity contribution is 0.169. The second-order valence-corrected chi connectivity index (χ2v) is 8.35. The highest BCUT2D eigenvalue weighted by Gasteiger charge is 2.34. The molecule has 0 spiro atoms. The van der Waals surface area contributed by atoms with E-state index in [9.17, 15) is 13.2 Å². The van der Waals surface area contributed by atoms with Gasteiger partial charge in [-0.1, -0.05) is 18.0 Å². The molecule has 3 rings (SSSR count). The van der Waals surface area contributed by atoms with Crippen molar-refractivity contribution in [1.82, 2.24) is 19.7 Å². The topological polar surface area (TPSA) is 95.8 Å². The minimum absolute atomic E-state index is 0.0868. The predicted molar refractivity (Wildman–Crippen MR) is 87.1 cm³/mol. The van der Waals surface area contributed by atoms with Crippen LogP contribution in [0.1, 0.15) is 37.1 Å². The summed E-state index contributed by atoms with van der Waals surface area (Å²) in [6.45, 7) is 4.56. The Bertz CT molecular complexity index is 682. The highest BCUT2D eigenvalue weighted by molar-refractivity contribution is 7.89. The number of aryl methyl sites for hydroxylation is 2. The van der Waals surface area contributed by atoms with Crippen molar-refractivity contribution >= 4 is 16.1 Å². The molecule has 1 saturated carbocycles. The number of urea groups is 1. The average molecular weight is 356 g/mol. The van der Waals surface area contributed by atoms with Crippen molar-refractivity contribution in [2.75, 3.05) is 26.2 Å². The highest BCUT2D eigenvalue weighted by atomic mass is 32.2. The molecular formula is C15H24N4O4S. The zero-order valence-corrected chi connectivity index (χ0v) is 14.9. The Morgan fingerprint density at radius 2 is 1.79 bits per heavy atom. The standard InChI is InChI=1S/C15H24N4O4S/c1-11-14(12(2)23-17-11)24(21,22)19-9-7-18(8-10-19)15(20)16-13-5-3-4-6-13/h13H,3-10H2,1-2H3,(H,16,20). The third kappa shape index (κ3) is 3.27. The number of hydrogen-bond acceptors (Lipinski definition) is 5. The fraction of sp³-hybridized carbons (Fsp3) is 0.733. The molecule has 0 atom stereocenters. The maximum atomic E-state index is 12.8. The van der Waals surface area contributed by atoms with Crippen LogP contribution in [0, 0.1) is 13.8 Å². The molecule has 24 heavy (non-hydrogen) atoms. The van der Waals surface area contributed by atoms with Gasteiger partial charge in [0.25, 0.3) is 0 Å². The minimum atomic E-state index is -3.63. The molecule has 1 aromatic heterocycles. The monoisotopic (exact) mass is 356 g/mol. The number of carbonyl (C=O) groups is 1. The van der Waals surface area contributed by atoms with Gasteiger partial charge in [-0.2, -0.15) is 4.31 Å². The zero-order valence-electron chi connectivity index (χ0n) is 14.1. The van der Waals surface area contributed by atoms with Gasteiger partial charge in [-0.05, 0) is 26.7 Å². The van der Waals surface area contributed by atoms with Gasteiger partial charge in [0.15, 0.2) is 5.76 Å². The van der Waals surface area contributed by atoms with Gasteiger partial charge in [-0.3, -0.25) is 0 Å². The molecule has 1 aromatic rings. The van der Waals surface area contributed by atoms with Gasteiger partial charge in [0, 0.05) is 32.2 Å². The number of nitrogens with one attached hydrogen (secondary N) is 1. The molecule has 0 unspecified atom stereocenters. The quantitative estimate of drug-likeness (QED) is 0.879. The Morgan fingerprint density at radius 3 is 2.33 bits per heavy atom. The van der Waals surface area contributed by atoms with Gasteiger partial charge in [-0.15, -0.1) is 0 Å². The van der Waals surface area contributed by atoms with Crippen molar-refractivity contribution < 1.29 is 17.7 Å². The molecule has 2 amide bonds. The Hall–Kier alpha value is -1.61. The number of amides is 2. The first-order valence-electron chi connectivity index (χ1n) is 8.38. The largest absolute Gasteiger partial charge is 0.360 e. The van der Waals surface area contributed by atoms with Gasteiger partial charge in [0.05, 0.1) is 0 Å². The summed E-state index contributed by atoms with van der Waals surface area (Å²) < 4.78 is 31.9. The number of hydrogen-bond donors (Lipinski definition) is 1. The van der Waals surface area contributed by atoms with Crippen molar-refractivity contribution in [3.05, 3.63) is 11.5 Å². The maximum Gasteiger partial charge on any atom is 0.317 e. The number of carbonyl (C=O) groups excluding carboxylic acids is 1. The van der Waals surface area contributed by atoms with E-state index in [1.54, 1.807) is 18.7 Å². The summed E-state index contributed by atoms with van der Waals surface area (Å²) in [5, 5.41) is 6.76. The van der Waals surface area contributed by atoms with E-state index in [1.165, 1.54) is 4.31 Å². The second-order valence-electron chi connectivity index (χ2n) is 6.48. The van der Waals surface area contributed by atoms with Crippen LogP contribution in [0.5, 0.6) is 0 Å². The lowest BCUT2D eigenvalue weighted by Gasteiger charge is -2.34. The SMILES string of the molecule is Cc1noc(C)c1S(=O)(=O)N1CCN(C(=O)NC2CCCC2)CC1. The molecule has 8 nitrogen and oxygen atoms in total. The molecule has 2 aliphatic rings. The van der Waals surface area contributed by atoms with Crippen molar-refractivity contribution in [3.63, 3.8) is 0 Å². The number of aromatic nitrogens is 1. The summed E-state index contributed by atoms with van der Waals surface area (Å²) in [4.78, 5) is 14.1. The molecule has 2 heterocycles. The number of rotatable bonds is 3. The van der Waals surface area contributed by atoms with Gasteiger partial charge in [-0.25, -0.2) is 13.2 Å². The maximum absolute atomic E-state index is 12.8. The molecular weight excluding hydrogens is 332 g/mol. The van der Waals surface area contributed by atoms with Crippen molar-refractivity contribution in [2.45, 2.75) is 50.5 Å². The summed E-state index contributed by atoms with van der Waals surface area (Å²) in [6, 6.07) is 0.179. The van der Waals surface area contributed by atoms with Crippen LogP contribution < -0.4 is 5.32 Å². The zero-order chi connectivity index (χ0) is 17.3. The summed E-state index contributed by atoms with van der Waals surface area (Å²) in [7, 11) is -3.63. The summed E-state index contributed by atoms with van der Waals surface area (Å²) in [6.07, 6.45) is 4.39. The Labute approximate surface area is 142 Å². The molecule has 0 bridgehead atoms. The Morgan fingerprint density at radius 1 is 1.17 bits per heavy atom. The van der Waals surface area contributed by atoms with Crippen molar-refractivity contribution in [3.8, 4) is 0 Å². The normalized spacial score (nSPS) is 20.5. The molecule has 1 N–H and O–H groups in total. The van der Waals surface area contributed by atoms with E-state index in [1.807, 2.05) is 0 Å². The summed E-state index contributed by atoms with van der Waals surface area (Å²) in [5.41, 5.74) is 0.369. The summed E-state index contributed by atoms with van der Waals surface area (Å²) >= 11 is 0. The van der Waals surface area contributed by atoms with Gasteiger partial charge < -0.3 is 14.7 Å². The van der Waals surface area contributed by atoms with Crippen LogP contribution in [0.2, 0.25) is 0 Å². The number of sulfonamides is 1. The predicted octanol–water partition coefficient (Wildman–Crippen LogP) is 1.25. The number of piperazine rings is 1. The highest BCUT2D eigenvalue weighted by Crippen LogP contribution is 2.24. The molecule has 134 valence electrons. The van der Waals surface area contributed by atoms with Crippen LogP contribution in [0.3, 0.4) is 0 Å². The van der Waals surface area contributed by atoms with E-state index in [0.29, 0.717) is 24.5 Å². The molecule has 9 heteroatoms. The van der Waals surface area contributed by atoms with E-state index in [2.05, 4.69) is 10.5 Å². The minimum Gasteiger partial charge on any atom is -0.360 e. The molecule has 1 aliphatic carbocycles. The average Bonchev–Trinajstić information content (AvgIpc) is 3.17. The third-order valence-corrected chi connectivity index (χ3v) is 6.92. The molecule has 1 saturated heterocycles. The molecule has 0 aromatic carbocycles. The van der Waals surface area contributed by atoms with Crippen LogP contribution in [-0.2, 0) is 10.0 Å². The molecule has 0 radical (unpaired) electrons. The van der Waals surface area contributed by atoms with E-state index in [-0.39, 0.29) is 30.1 Å². The second kappa shape index (κ2) is 6.72. The molecule has 1 aliphatic heterocycles. The van der Waals surface area contributed by atoms with Crippen LogP contribution >= 0.6 is 0 Å². The van der Waals surface area contributed by atoms with Crippen LogP contribution in [-0.4, -0.2) is 61.0 Å². The first-order chi connectivity index (χ1) is 11.4. The van der Waals surface area contributed by atoms with Crippen LogP contribution in [0.15, 0.2) is 9.42 Å². The molecule has 2 fully saturated rings. The van der Waals surface area contributed by atoms with E-state index in [0.717, 1.165) is 25.7 Å². The van der Waals surface area contributed by atoms with Gasteiger partial charge in [0.2, 0.25) is 10.0 Å². The van der Waals surface area contributed by atoms with Gasteiger partial charge >= 0.3 is 6.03 Å². The van der Waals surface area contributed by atoms with E-state index in [4.69, 9.17) is 4.52 Å². The number of nitrogens with zero attached hydrogens (tertiary/aromatic N) is 3. The first-order valence-corrected chi connectivity index (χ1v) is 9.82. The lowest BCUT2D eigenvalue weighted by atomic mass is 10.2. The van der Waals surface area contributed by atoms with Crippen LogP contribution in [0.4, 0.5) is 4.79 Å². The Kier molecular flexibility index (Phi) is 4.82. The fourth-order valence-corrected chi connectivity index (χ4v) is 5.15. The Balaban J connectivity index is 1.61. The summed E-state index contributed by atoms with van der Waals surface area (Å²) in [5.74, 6) is 0.300. The van der Waals surface area contributed by atoms with Crippen molar-refractivity contribution in [1.29, 1.82) is 0 Å². The van der Waals surface area contributed by atoms with Crippen molar-refractivity contribution in [2.24, 2.45) is 0 Å². The van der Waals surface area contributed by atoms with Crippen LogP contribution in [0.25, 0.3) is 0 Å². The lowest BCUT2D eigenvalue weighted by Crippen LogP contribution is -2.54. The van der Waals surface area contributed by atoms with E-state index >= 15 is 0 Å². The first kappa shape index (κ1) is 17.2. The smallest absolute Gasteiger partial charge is 0.317 e. The van der Waals surface area contributed by atoms with Gasteiger partial charge in [0.1, 0.15) is 10.6 Å². The fourth-order valence-electron chi connectivity index (χ4n) is 3.44.